The molecule has 4 amide bonds. The van der Waals surface area contributed by atoms with E-state index in [1.165, 1.54) is 11.1 Å². The fourth-order valence-corrected chi connectivity index (χ4v) is 11.6. The highest BCUT2D eigenvalue weighted by Crippen LogP contribution is 2.39. The number of para-hydroxylation sites is 1. The van der Waals surface area contributed by atoms with E-state index >= 15 is 0 Å². The van der Waals surface area contributed by atoms with Crippen molar-refractivity contribution in [1.29, 1.82) is 0 Å². The minimum atomic E-state index is -2.58. The van der Waals surface area contributed by atoms with Crippen molar-refractivity contribution in [1.82, 2.24) is 35.4 Å². The highest BCUT2D eigenvalue weighted by molar-refractivity contribution is 7.70. The van der Waals surface area contributed by atoms with Crippen molar-refractivity contribution in [3.63, 3.8) is 0 Å². The molecule has 3 atom stereocenters. The molecule has 20 heteroatoms. The number of aliphatic hydroxyl groups is 1. The predicted molar refractivity (Wildman–Crippen MR) is 300 cm³/mol. The molecule has 75 heavy (non-hydrogen) atoms. The number of amides is 4. The van der Waals surface area contributed by atoms with E-state index < -0.39 is 30.7 Å². The van der Waals surface area contributed by atoms with Gasteiger partial charge in [0.1, 0.15) is 30.0 Å². The quantitative estimate of drug-likeness (QED) is 0.0324. The summed E-state index contributed by atoms with van der Waals surface area (Å²) in [6.45, 7) is 14.0. The number of likely N-dealkylation sites (tertiary alicyclic amines) is 1. The summed E-state index contributed by atoms with van der Waals surface area (Å²) in [5.41, 5.74) is 6.40. The second-order valence-electron chi connectivity index (χ2n) is 20.8. The first-order valence-corrected chi connectivity index (χ1v) is 29.6. The first kappa shape index (κ1) is 56.7. The largest absolute Gasteiger partial charge is 0.494 e. The number of methoxy groups -OCH3 is 1. The van der Waals surface area contributed by atoms with Crippen LogP contribution < -0.4 is 36.2 Å². The van der Waals surface area contributed by atoms with Crippen LogP contribution in [-0.4, -0.2) is 125 Å². The molecule has 2 aliphatic rings. The van der Waals surface area contributed by atoms with Crippen molar-refractivity contribution in [2.24, 2.45) is 5.41 Å². The molecule has 0 unspecified atom stereocenters. The number of benzene rings is 3. The number of aryl methyl sites for hydroxylation is 1. The highest BCUT2D eigenvalue weighted by Gasteiger charge is 2.44. The highest BCUT2D eigenvalue weighted by atomic mass is 35.5. The molecular weight excluding hydrogens is 1010 g/mol. The van der Waals surface area contributed by atoms with Gasteiger partial charge < -0.3 is 50.4 Å². The molecule has 2 fully saturated rings. The SMILES string of the molecule is COc1cc(N2CCN(C(=O)CCCCCCCCC(=O)N[C@H](C(=O)N3C[C@H](O)C[C@H]3C(=O)NCc3ccc(-c4scnc4C)cc3)C(C)(C)C)CC2)ccc1Nc1ncc(Cl)c(Nc2ccccc2P(C)(C)=O)n1. The average Bonchev–Trinajstić information content (AvgIpc) is 4.01. The van der Waals surface area contributed by atoms with Crippen molar-refractivity contribution in [3.8, 4) is 16.2 Å². The number of aromatic nitrogens is 3. The number of nitrogens with one attached hydrogen (secondary N) is 4. The average molecular weight is 1080 g/mol. The third-order valence-electron chi connectivity index (χ3n) is 13.7. The minimum absolute atomic E-state index is 0.0171. The topological polar surface area (TPSA) is 211 Å². The molecule has 7 rings (SSSR count). The Kier molecular flexibility index (Phi) is 19.4. The van der Waals surface area contributed by atoms with E-state index in [1.54, 1.807) is 31.8 Å². The summed E-state index contributed by atoms with van der Waals surface area (Å²) >= 11 is 8.05. The molecule has 5 aromatic rings. The Morgan fingerprint density at radius 1 is 0.893 bits per heavy atom. The molecule has 5 N–H and O–H groups in total. The van der Waals surface area contributed by atoms with E-state index in [1.807, 2.05) is 105 Å². The van der Waals surface area contributed by atoms with E-state index in [4.69, 9.17) is 16.3 Å². The van der Waals surface area contributed by atoms with Crippen LogP contribution in [0, 0.1) is 12.3 Å². The molecule has 4 heterocycles. The number of unbranched alkanes of at least 4 members (excludes halogenated alkanes) is 5. The van der Waals surface area contributed by atoms with Crippen LogP contribution in [0.25, 0.3) is 10.4 Å². The monoisotopic (exact) mass is 1080 g/mol. The fraction of sp³-hybridized carbons (Fsp3) is 0.473. The first-order chi connectivity index (χ1) is 35.8. The van der Waals surface area contributed by atoms with Gasteiger partial charge in [-0.05, 0) is 73.9 Å². The fourth-order valence-electron chi connectivity index (χ4n) is 9.45. The third-order valence-corrected chi connectivity index (χ3v) is 16.5. The van der Waals surface area contributed by atoms with Gasteiger partial charge in [-0.15, -0.1) is 11.3 Å². The molecule has 0 saturated carbocycles. The van der Waals surface area contributed by atoms with E-state index in [2.05, 4.69) is 41.1 Å². The standard InChI is InChI=1S/C55H72ClN10O7PS/c1-36-49(75-35-59-36)38-22-20-37(21-23-38)32-57-52(70)44-31-40(67)34-66(44)53(71)50(55(2,3)4)62-47(68)18-12-10-8-9-11-13-19-48(69)65-28-26-64(27-29-65)39-24-25-42(45(30-39)73-5)61-54-58-33-41(56)51(63-54)60-43-16-14-15-17-46(43)74(6,7)72/h14-17,20-25,30,33,35,40,44,50,67H,8-13,18-19,26-29,31-32,34H2,1-7H3,(H,57,70)(H,62,68)(H2,58,60,61,63)/t40-,44+,50-/m1/s1. The number of anilines is 5. The molecule has 3 aromatic carbocycles. The Morgan fingerprint density at radius 3 is 2.25 bits per heavy atom. The number of hydrogen-bond acceptors (Lipinski definition) is 14. The molecule has 2 aliphatic heterocycles. The summed E-state index contributed by atoms with van der Waals surface area (Å²) in [6.07, 6.45) is 6.65. The van der Waals surface area contributed by atoms with Gasteiger partial charge in [-0.3, -0.25) is 19.2 Å². The number of aliphatic hydroxyl groups excluding tert-OH is 1. The Balaban J connectivity index is 0.786. The van der Waals surface area contributed by atoms with Crippen LogP contribution in [0.2, 0.25) is 5.02 Å². The molecule has 2 saturated heterocycles. The third kappa shape index (κ3) is 15.3. The number of rotatable bonds is 22. The zero-order valence-electron chi connectivity index (χ0n) is 44.2. The summed E-state index contributed by atoms with van der Waals surface area (Å²) in [5.74, 6) is 0.477. The van der Waals surface area contributed by atoms with E-state index in [0.29, 0.717) is 78.2 Å². The number of β-amino-alcohol motifs (C(OH)–C–C–N with tert-alkyl or cyclic N) is 1. The smallest absolute Gasteiger partial charge is 0.246 e. The van der Waals surface area contributed by atoms with E-state index in [0.717, 1.165) is 59.5 Å². The van der Waals surface area contributed by atoms with E-state index in [-0.39, 0.29) is 49.6 Å². The molecule has 2 aromatic heterocycles. The Morgan fingerprint density at radius 2 is 1.59 bits per heavy atom. The maximum absolute atomic E-state index is 14.1. The van der Waals surface area contributed by atoms with Gasteiger partial charge in [0.05, 0.1) is 46.9 Å². The van der Waals surface area contributed by atoms with E-state index in [9.17, 15) is 28.8 Å². The zero-order valence-corrected chi connectivity index (χ0v) is 46.6. The minimum Gasteiger partial charge on any atom is -0.494 e. The number of nitrogens with zero attached hydrogens (tertiary/aromatic N) is 6. The molecule has 0 radical (unpaired) electrons. The lowest BCUT2D eigenvalue weighted by Crippen LogP contribution is -2.57. The van der Waals surface area contributed by atoms with Gasteiger partial charge >= 0.3 is 0 Å². The van der Waals surface area contributed by atoms with Gasteiger partial charge in [-0.1, -0.05) is 94.5 Å². The first-order valence-electron chi connectivity index (χ1n) is 25.8. The van der Waals surface area contributed by atoms with Crippen LogP contribution in [-0.2, 0) is 30.3 Å². The summed E-state index contributed by atoms with van der Waals surface area (Å²) in [6, 6.07) is 19.4. The van der Waals surface area contributed by atoms with Gasteiger partial charge in [0, 0.05) is 75.6 Å². The van der Waals surface area contributed by atoms with Crippen molar-refractivity contribution in [2.75, 3.05) is 68.7 Å². The van der Waals surface area contributed by atoms with Gasteiger partial charge in [-0.2, -0.15) is 4.98 Å². The van der Waals surface area contributed by atoms with Crippen molar-refractivity contribution in [2.45, 2.75) is 110 Å². The van der Waals surface area contributed by atoms with Crippen LogP contribution in [0.5, 0.6) is 5.75 Å². The lowest BCUT2D eigenvalue weighted by Gasteiger charge is -2.36. The second-order valence-corrected chi connectivity index (χ2v) is 25.3. The summed E-state index contributed by atoms with van der Waals surface area (Å²) < 4.78 is 18.7. The molecular formula is C55H72ClN10O7PS. The van der Waals surface area contributed by atoms with Crippen LogP contribution in [0.3, 0.4) is 0 Å². The van der Waals surface area contributed by atoms with Crippen molar-refractivity contribution >= 4 is 87.8 Å². The molecule has 0 bridgehead atoms. The summed E-state index contributed by atoms with van der Waals surface area (Å²) in [7, 11) is -0.972. The van der Waals surface area contributed by atoms with Gasteiger partial charge in [0.25, 0.3) is 0 Å². The normalized spacial score (nSPS) is 16.4. The Hall–Kier alpha value is -6.07. The van der Waals surface area contributed by atoms with Crippen molar-refractivity contribution in [3.05, 3.63) is 94.7 Å². The maximum atomic E-state index is 14.1. The second kappa shape index (κ2) is 25.6. The van der Waals surface area contributed by atoms with Crippen LogP contribution in [0.15, 0.2) is 78.4 Å². The van der Waals surface area contributed by atoms with Gasteiger partial charge in [0.2, 0.25) is 29.6 Å². The molecule has 0 aliphatic carbocycles. The number of ether oxygens (including phenoxy) is 1. The number of hydrogen-bond donors (Lipinski definition) is 5. The lowest BCUT2D eigenvalue weighted by atomic mass is 9.85. The maximum Gasteiger partial charge on any atom is 0.246 e. The van der Waals surface area contributed by atoms with Crippen LogP contribution in [0.4, 0.5) is 28.8 Å². The molecule has 17 nitrogen and oxygen atoms in total. The predicted octanol–water partition coefficient (Wildman–Crippen LogP) is 8.88. The number of halogens is 1. The number of thiazole rings is 1. The lowest BCUT2D eigenvalue weighted by molar-refractivity contribution is -0.144. The number of piperazine rings is 1. The summed E-state index contributed by atoms with van der Waals surface area (Å²) in [4.78, 5) is 74.0. The van der Waals surface area contributed by atoms with Crippen molar-refractivity contribution < 1.29 is 33.6 Å². The van der Waals surface area contributed by atoms with Gasteiger partial charge in [-0.25, -0.2) is 9.97 Å². The molecule has 0 spiro atoms. The Labute approximate surface area is 450 Å². The Bertz CT molecular complexity index is 2830. The van der Waals surface area contributed by atoms with Crippen LogP contribution >= 0.6 is 30.1 Å². The number of carbonyl (C=O) groups is 4. The van der Waals surface area contributed by atoms with Crippen LogP contribution in [0.1, 0.15) is 89.8 Å². The summed E-state index contributed by atoms with van der Waals surface area (Å²) in [5, 5.41) is 24.0. The molecule has 402 valence electrons. The van der Waals surface area contributed by atoms with Gasteiger partial charge in [0.15, 0.2) is 5.82 Å². The number of carbonyl (C=O) groups excluding carboxylic acids is 4. The zero-order chi connectivity index (χ0) is 53.9.